The van der Waals surface area contributed by atoms with Gasteiger partial charge in [-0.2, -0.15) is 0 Å². The van der Waals surface area contributed by atoms with Crippen molar-refractivity contribution in [1.82, 2.24) is 15.2 Å². The molecule has 2 unspecified atom stereocenters. The highest BCUT2D eigenvalue weighted by molar-refractivity contribution is 5.80. The summed E-state index contributed by atoms with van der Waals surface area (Å²) in [5.41, 5.74) is 3.24. The van der Waals surface area contributed by atoms with Crippen LogP contribution in [0.1, 0.15) is 36.9 Å². The summed E-state index contributed by atoms with van der Waals surface area (Å²) in [6, 6.07) is 8.27. The van der Waals surface area contributed by atoms with Crippen molar-refractivity contribution in [2.24, 2.45) is 16.8 Å². The van der Waals surface area contributed by atoms with Gasteiger partial charge in [-0.15, -0.1) is 0 Å². The van der Waals surface area contributed by atoms with Crippen LogP contribution in [0.3, 0.4) is 0 Å². The number of aliphatic imine (C=N–C) groups is 1. The van der Waals surface area contributed by atoms with Gasteiger partial charge in [0.05, 0.1) is 5.69 Å². The number of hydrogen-bond donors (Lipinski definition) is 1. The molecule has 0 amide bonds. The molecule has 2 heterocycles. The molecule has 1 aliphatic heterocycles. The summed E-state index contributed by atoms with van der Waals surface area (Å²) in [5.74, 6) is 3.46. The van der Waals surface area contributed by atoms with Gasteiger partial charge >= 0.3 is 0 Å². The van der Waals surface area contributed by atoms with Crippen molar-refractivity contribution in [2.45, 2.75) is 39.0 Å². The van der Waals surface area contributed by atoms with Crippen molar-refractivity contribution >= 4 is 5.96 Å². The summed E-state index contributed by atoms with van der Waals surface area (Å²) < 4.78 is 5.66. The van der Waals surface area contributed by atoms with Crippen LogP contribution in [-0.4, -0.2) is 42.5 Å². The lowest BCUT2D eigenvalue weighted by atomic mass is 9.82. The second-order valence-corrected chi connectivity index (χ2v) is 7.94. The van der Waals surface area contributed by atoms with E-state index in [9.17, 15) is 0 Å². The molecule has 27 heavy (non-hydrogen) atoms. The van der Waals surface area contributed by atoms with E-state index >= 15 is 0 Å². The zero-order valence-electron chi connectivity index (χ0n) is 16.4. The molecule has 0 radical (unpaired) electrons. The van der Waals surface area contributed by atoms with Gasteiger partial charge in [-0.25, -0.2) is 4.98 Å². The van der Waals surface area contributed by atoms with Crippen molar-refractivity contribution in [3.63, 3.8) is 0 Å². The maximum absolute atomic E-state index is 5.66. The first-order valence-corrected chi connectivity index (χ1v) is 10.2. The number of fused-ring (bicyclic) bond motifs is 1. The lowest BCUT2D eigenvalue weighted by Crippen LogP contribution is -2.41. The fourth-order valence-electron chi connectivity index (χ4n) is 4.46. The molecule has 2 atom stereocenters. The molecule has 0 bridgehead atoms. The molecule has 1 saturated heterocycles. The fourth-order valence-corrected chi connectivity index (χ4v) is 4.46. The van der Waals surface area contributed by atoms with Crippen molar-refractivity contribution in [2.75, 3.05) is 26.7 Å². The van der Waals surface area contributed by atoms with Gasteiger partial charge in [-0.1, -0.05) is 30.5 Å². The highest BCUT2D eigenvalue weighted by Crippen LogP contribution is 2.35. The summed E-state index contributed by atoms with van der Waals surface area (Å²) in [4.78, 5) is 11.6. The number of oxazole rings is 1. The molecule has 144 valence electrons. The third kappa shape index (κ3) is 4.18. The van der Waals surface area contributed by atoms with Crippen molar-refractivity contribution in [1.29, 1.82) is 0 Å². The third-order valence-electron chi connectivity index (χ3n) is 6.00. The molecule has 1 aliphatic carbocycles. The monoisotopic (exact) mass is 366 g/mol. The zero-order chi connectivity index (χ0) is 18.6. The van der Waals surface area contributed by atoms with Gasteiger partial charge in [0.15, 0.2) is 5.96 Å². The van der Waals surface area contributed by atoms with E-state index in [-0.39, 0.29) is 0 Å². The summed E-state index contributed by atoms with van der Waals surface area (Å²) >= 11 is 0. The first-order chi connectivity index (χ1) is 13.2. The maximum Gasteiger partial charge on any atom is 0.226 e. The fraction of sp³-hybridized carbons (Fsp3) is 0.545. The van der Waals surface area contributed by atoms with Crippen LogP contribution in [0.5, 0.6) is 0 Å². The van der Waals surface area contributed by atoms with E-state index < -0.39 is 0 Å². The largest absolute Gasteiger partial charge is 0.444 e. The Morgan fingerprint density at radius 1 is 1.19 bits per heavy atom. The van der Waals surface area contributed by atoms with Crippen LogP contribution < -0.4 is 5.32 Å². The number of hydrogen-bond acceptors (Lipinski definition) is 3. The van der Waals surface area contributed by atoms with Gasteiger partial charge in [-0.05, 0) is 43.7 Å². The number of rotatable bonds is 4. The summed E-state index contributed by atoms with van der Waals surface area (Å²) in [7, 11) is 1.88. The Morgan fingerprint density at radius 3 is 2.56 bits per heavy atom. The first-order valence-electron chi connectivity index (χ1n) is 10.2. The minimum Gasteiger partial charge on any atom is -0.444 e. The van der Waals surface area contributed by atoms with Crippen LogP contribution in [-0.2, 0) is 6.42 Å². The number of nitrogens with zero attached hydrogens (tertiary/aromatic N) is 3. The molecule has 2 aromatic rings. The molecule has 5 heteroatoms. The van der Waals surface area contributed by atoms with E-state index in [4.69, 9.17) is 4.42 Å². The summed E-state index contributed by atoms with van der Waals surface area (Å²) in [5, 5.41) is 3.52. The molecule has 5 nitrogen and oxygen atoms in total. The van der Waals surface area contributed by atoms with E-state index in [0.717, 1.165) is 55.1 Å². The maximum atomic E-state index is 5.66. The molecule has 4 rings (SSSR count). The Morgan fingerprint density at radius 2 is 1.89 bits per heavy atom. The number of nitrogens with one attached hydrogen (secondary N) is 1. The molecule has 1 aromatic carbocycles. The summed E-state index contributed by atoms with van der Waals surface area (Å²) in [6.45, 7) is 5.22. The predicted octanol–water partition coefficient (Wildman–Crippen LogP) is 3.89. The molecule has 2 aliphatic rings. The molecular formula is C22H30N4O. The highest BCUT2D eigenvalue weighted by Gasteiger charge is 2.35. The number of guanidine groups is 1. The topological polar surface area (TPSA) is 53.7 Å². The van der Waals surface area contributed by atoms with E-state index in [0.29, 0.717) is 5.89 Å². The zero-order valence-corrected chi connectivity index (χ0v) is 16.4. The van der Waals surface area contributed by atoms with Crippen LogP contribution in [0, 0.1) is 18.8 Å². The lowest BCUT2D eigenvalue weighted by molar-refractivity contribution is 0.299. The Balaban J connectivity index is 1.29. The van der Waals surface area contributed by atoms with Crippen LogP contribution in [0.4, 0.5) is 0 Å². The van der Waals surface area contributed by atoms with Gasteiger partial charge < -0.3 is 14.6 Å². The molecule has 1 aromatic heterocycles. The van der Waals surface area contributed by atoms with E-state index in [2.05, 4.69) is 51.4 Å². The Hall–Kier alpha value is -2.30. The summed E-state index contributed by atoms with van der Waals surface area (Å²) in [6.07, 6.45) is 8.17. The van der Waals surface area contributed by atoms with Gasteiger partial charge in [0.25, 0.3) is 0 Å². The van der Waals surface area contributed by atoms with E-state index in [1.807, 2.05) is 7.05 Å². The normalized spacial score (nSPS) is 22.7. The van der Waals surface area contributed by atoms with Crippen LogP contribution >= 0.6 is 0 Å². The van der Waals surface area contributed by atoms with Crippen molar-refractivity contribution in [3.8, 4) is 11.5 Å². The average Bonchev–Trinajstić information content (AvgIpc) is 3.33. The molecule has 0 spiro atoms. The van der Waals surface area contributed by atoms with Crippen molar-refractivity contribution < 1.29 is 4.42 Å². The standard InChI is InChI=1S/C22H30N4O/c1-16-7-9-17(10-8-16)21-25-20(15-27-21)11-12-24-22(23-2)26-13-18-5-3-4-6-19(18)14-26/h7-10,15,18-19H,3-6,11-14H2,1-2H3,(H,23,24). The molecule has 1 saturated carbocycles. The van der Waals surface area contributed by atoms with E-state index in [1.54, 1.807) is 6.26 Å². The molecular weight excluding hydrogens is 336 g/mol. The predicted molar refractivity (Wildman–Crippen MR) is 109 cm³/mol. The Kier molecular flexibility index (Phi) is 5.46. The van der Waals surface area contributed by atoms with E-state index in [1.165, 1.54) is 31.2 Å². The van der Waals surface area contributed by atoms with Gasteiger partial charge in [0.2, 0.25) is 5.89 Å². The number of aromatic nitrogens is 1. The minimum atomic E-state index is 0.693. The van der Waals surface area contributed by atoms with Crippen LogP contribution in [0.15, 0.2) is 39.9 Å². The van der Waals surface area contributed by atoms with Crippen LogP contribution in [0.25, 0.3) is 11.5 Å². The number of likely N-dealkylation sites (tertiary alicyclic amines) is 1. The second kappa shape index (κ2) is 8.15. The van der Waals surface area contributed by atoms with Gasteiger partial charge in [-0.3, -0.25) is 4.99 Å². The van der Waals surface area contributed by atoms with Crippen LogP contribution in [0.2, 0.25) is 0 Å². The minimum absolute atomic E-state index is 0.693. The number of benzene rings is 1. The smallest absolute Gasteiger partial charge is 0.226 e. The first kappa shape index (κ1) is 18.1. The van der Waals surface area contributed by atoms with Crippen molar-refractivity contribution in [3.05, 3.63) is 41.8 Å². The Bertz CT molecular complexity index is 766. The quantitative estimate of drug-likeness (QED) is 0.659. The molecule has 2 fully saturated rings. The lowest BCUT2D eigenvalue weighted by Gasteiger charge is -2.22. The van der Waals surface area contributed by atoms with Gasteiger partial charge in [0, 0.05) is 38.7 Å². The Labute approximate surface area is 161 Å². The average molecular weight is 367 g/mol. The van der Waals surface area contributed by atoms with Gasteiger partial charge in [0.1, 0.15) is 6.26 Å². The SMILES string of the molecule is CN=C(NCCc1coc(-c2ccc(C)cc2)n1)N1CC2CCCCC2C1. The highest BCUT2D eigenvalue weighted by atomic mass is 16.3. The number of aryl methyl sites for hydroxylation is 1. The molecule has 1 N–H and O–H groups in total. The third-order valence-corrected chi connectivity index (χ3v) is 6.00. The second-order valence-electron chi connectivity index (χ2n) is 7.94.